The quantitative estimate of drug-likeness (QED) is 0.814. The molecular formula is C13H20ClNOS. The first-order valence-electron chi connectivity index (χ1n) is 5.89. The molecule has 1 rings (SSSR count). The van der Waals surface area contributed by atoms with Crippen LogP contribution in [0.1, 0.15) is 40.4 Å². The van der Waals surface area contributed by atoms with Gasteiger partial charge >= 0.3 is 0 Å². The van der Waals surface area contributed by atoms with Gasteiger partial charge in [0.15, 0.2) is 0 Å². The molecule has 0 radical (unpaired) electrons. The van der Waals surface area contributed by atoms with E-state index in [1.54, 1.807) is 0 Å². The van der Waals surface area contributed by atoms with Gasteiger partial charge in [-0.3, -0.25) is 4.79 Å². The summed E-state index contributed by atoms with van der Waals surface area (Å²) in [6.07, 6.45) is 0.921. The third-order valence-electron chi connectivity index (χ3n) is 2.60. The maximum Gasteiger partial charge on any atom is 0.261 e. The van der Waals surface area contributed by atoms with Gasteiger partial charge in [0.1, 0.15) is 0 Å². The van der Waals surface area contributed by atoms with E-state index in [1.807, 2.05) is 19.9 Å². The van der Waals surface area contributed by atoms with E-state index in [-0.39, 0.29) is 11.3 Å². The summed E-state index contributed by atoms with van der Waals surface area (Å²) >= 11 is 7.67. The second kappa shape index (κ2) is 6.41. The topological polar surface area (TPSA) is 29.1 Å². The molecule has 1 aromatic heterocycles. The van der Waals surface area contributed by atoms with Crippen molar-refractivity contribution in [3.63, 3.8) is 0 Å². The Bertz CT molecular complexity index is 367. The summed E-state index contributed by atoms with van der Waals surface area (Å²) in [5.74, 6) is 0.543. The van der Waals surface area contributed by atoms with E-state index in [0.717, 1.165) is 11.3 Å². The summed E-state index contributed by atoms with van der Waals surface area (Å²) in [5, 5.41) is 2.90. The molecule has 17 heavy (non-hydrogen) atoms. The second-order valence-corrected chi connectivity index (χ2v) is 6.66. The van der Waals surface area contributed by atoms with Crippen LogP contribution >= 0.6 is 22.9 Å². The number of amides is 1. The number of hydrogen-bond donors (Lipinski definition) is 1. The molecule has 0 aromatic carbocycles. The second-order valence-electron chi connectivity index (χ2n) is 4.79. The first kappa shape index (κ1) is 14.5. The van der Waals surface area contributed by atoms with Gasteiger partial charge in [0.25, 0.3) is 5.91 Å². The molecule has 1 N–H and O–H groups in total. The molecule has 4 heteroatoms. The number of thiophene rings is 1. The van der Waals surface area contributed by atoms with Crippen LogP contribution in [0.25, 0.3) is 0 Å². The van der Waals surface area contributed by atoms with Gasteiger partial charge in [-0.1, -0.05) is 13.8 Å². The van der Waals surface area contributed by atoms with E-state index in [2.05, 4.69) is 19.2 Å². The van der Waals surface area contributed by atoms with Crippen LogP contribution in [0.4, 0.5) is 0 Å². The molecule has 1 unspecified atom stereocenters. The largest absolute Gasteiger partial charge is 0.350 e. The highest BCUT2D eigenvalue weighted by Gasteiger charge is 2.13. The maximum atomic E-state index is 11.8. The molecule has 1 amide bonds. The van der Waals surface area contributed by atoms with Crippen molar-refractivity contribution in [3.8, 4) is 0 Å². The number of aryl methyl sites for hydroxylation is 2. The summed E-state index contributed by atoms with van der Waals surface area (Å²) in [4.78, 5) is 13.8. The number of carbonyl (C=O) groups is 1. The molecule has 0 aliphatic rings. The van der Waals surface area contributed by atoms with Crippen molar-refractivity contribution in [1.82, 2.24) is 5.32 Å². The lowest BCUT2D eigenvalue weighted by atomic mass is 10.1. The van der Waals surface area contributed by atoms with E-state index in [1.165, 1.54) is 21.8 Å². The molecule has 0 spiro atoms. The van der Waals surface area contributed by atoms with Crippen LogP contribution in [0.3, 0.4) is 0 Å². The highest BCUT2D eigenvalue weighted by atomic mass is 35.5. The zero-order valence-corrected chi connectivity index (χ0v) is 12.4. The summed E-state index contributed by atoms with van der Waals surface area (Å²) in [5.41, 5.74) is 1.17. The fourth-order valence-corrected chi connectivity index (χ4v) is 2.95. The fraction of sp³-hybridized carbons (Fsp3) is 0.615. The van der Waals surface area contributed by atoms with Gasteiger partial charge in [-0.25, -0.2) is 0 Å². The summed E-state index contributed by atoms with van der Waals surface area (Å²) < 4.78 is 0. The molecule has 0 saturated carbocycles. The van der Waals surface area contributed by atoms with Crippen LogP contribution in [0.15, 0.2) is 6.07 Å². The number of carbonyl (C=O) groups excluding carboxylic acids is 1. The molecule has 0 saturated heterocycles. The van der Waals surface area contributed by atoms with Crippen molar-refractivity contribution < 1.29 is 4.79 Å². The number of halogens is 1. The Morgan fingerprint density at radius 2 is 2.12 bits per heavy atom. The monoisotopic (exact) mass is 273 g/mol. The number of hydrogen-bond acceptors (Lipinski definition) is 2. The van der Waals surface area contributed by atoms with Crippen molar-refractivity contribution in [2.45, 2.75) is 39.5 Å². The van der Waals surface area contributed by atoms with Gasteiger partial charge in [0.2, 0.25) is 0 Å². The Balaban J connectivity index is 2.45. The zero-order chi connectivity index (χ0) is 13.0. The predicted molar refractivity (Wildman–Crippen MR) is 75.2 cm³/mol. The number of alkyl halides is 1. The smallest absolute Gasteiger partial charge is 0.261 e. The van der Waals surface area contributed by atoms with Crippen LogP contribution in [-0.4, -0.2) is 17.8 Å². The molecular weight excluding hydrogens is 254 g/mol. The van der Waals surface area contributed by atoms with Crippen LogP contribution in [0.5, 0.6) is 0 Å². The molecule has 0 aliphatic heterocycles. The van der Waals surface area contributed by atoms with Gasteiger partial charge in [-0.2, -0.15) is 0 Å². The lowest BCUT2D eigenvalue weighted by molar-refractivity contribution is 0.0957. The molecule has 0 aliphatic carbocycles. The first-order valence-corrected chi connectivity index (χ1v) is 7.14. The maximum absolute atomic E-state index is 11.8. The van der Waals surface area contributed by atoms with Crippen LogP contribution < -0.4 is 5.32 Å². The van der Waals surface area contributed by atoms with Crippen LogP contribution in [-0.2, 0) is 0 Å². The minimum atomic E-state index is -0.0133. The first-order chi connectivity index (χ1) is 7.90. The normalized spacial score (nSPS) is 12.8. The van der Waals surface area contributed by atoms with E-state index in [4.69, 9.17) is 11.6 Å². The highest BCUT2D eigenvalue weighted by molar-refractivity contribution is 7.14. The van der Waals surface area contributed by atoms with Crippen molar-refractivity contribution >= 4 is 28.8 Å². The van der Waals surface area contributed by atoms with Crippen molar-refractivity contribution in [2.75, 3.05) is 6.54 Å². The molecule has 1 atom stereocenters. The molecule has 96 valence electrons. The number of rotatable bonds is 5. The third kappa shape index (κ3) is 4.68. The molecule has 1 heterocycles. The summed E-state index contributed by atoms with van der Waals surface area (Å²) in [6.45, 7) is 8.84. The summed E-state index contributed by atoms with van der Waals surface area (Å²) in [7, 11) is 0. The summed E-state index contributed by atoms with van der Waals surface area (Å²) in [6, 6.07) is 1.93. The van der Waals surface area contributed by atoms with Crippen molar-refractivity contribution in [1.29, 1.82) is 0 Å². The molecule has 1 aromatic rings. The Morgan fingerprint density at radius 3 is 2.59 bits per heavy atom. The lowest BCUT2D eigenvalue weighted by Gasteiger charge is -2.12. The highest BCUT2D eigenvalue weighted by Crippen LogP contribution is 2.20. The van der Waals surface area contributed by atoms with E-state index in [0.29, 0.717) is 12.5 Å². The Labute approximate surface area is 112 Å². The average molecular weight is 274 g/mol. The Hall–Kier alpha value is -0.540. The van der Waals surface area contributed by atoms with E-state index < -0.39 is 0 Å². The minimum absolute atomic E-state index is 0.0133. The van der Waals surface area contributed by atoms with Gasteiger partial charge in [0.05, 0.1) is 10.3 Å². The standard InChI is InChI=1S/C13H20ClNOS/c1-8(2)5-11(14)7-15-13(16)12-6-9(3)10(4)17-12/h6,8,11H,5,7H2,1-4H3,(H,15,16). The van der Waals surface area contributed by atoms with Crippen molar-refractivity contribution in [2.24, 2.45) is 5.92 Å². The van der Waals surface area contributed by atoms with Gasteiger partial charge < -0.3 is 5.32 Å². The predicted octanol–water partition coefficient (Wildman–Crippen LogP) is 3.75. The van der Waals surface area contributed by atoms with Gasteiger partial charge in [-0.05, 0) is 37.8 Å². The Morgan fingerprint density at radius 1 is 1.47 bits per heavy atom. The molecule has 0 fully saturated rings. The van der Waals surface area contributed by atoms with Crippen LogP contribution in [0, 0.1) is 19.8 Å². The lowest BCUT2D eigenvalue weighted by Crippen LogP contribution is -2.29. The molecule has 2 nitrogen and oxygen atoms in total. The third-order valence-corrected chi connectivity index (χ3v) is 4.08. The van der Waals surface area contributed by atoms with E-state index >= 15 is 0 Å². The Kier molecular flexibility index (Phi) is 5.47. The van der Waals surface area contributed by atoms with E-state index in [9.17, 15) is 4.79 Å². The minimum Gasteiger partial charge on any atom is -0.350 e. The van der Waals surface area contributed by atoms with Gasteiger partial charge in [-0.15, -0.1) is 22.9 Å². The molecule has 0 bridgehead atoms. The van der Waals surface area contributed by atoms with Crippen LogP contribution in [0.2, 0.25) is 0 Å². The SMILES string of the molecule is Cc1cc(C(=O)NCC(Cl)CC(C)C)sc1C. The van der Waals surface area contributed by atoms with Crippen molar-refractivity contribution in [3.05, 3.63) is 21.4 Å². The van der Waals surface area contributed by atoms with Gasteiger partial charge in [0, 0.05) is 11.4 Å². The number of nitrogens with one attached hydrogen (secondary N) is 1. The average Bonchev–Trinajstić information content (AvgIpc) is 2.55. The zero-order valence-electron chi connectivity index (χ0n) is 10.8. The fourth-order valence-electron chi connectivity index (χ4n) is 1.57.